The molecule has 0 saturated carbocycles. The van der Waals surface area contributed by atoms with Gasteiger partial charge in [-0.3, -0.25) is 4.79 Å². The summed E-state index contributed by atoms with van der Waals surface area (Å²) in [6.45, 7) is 3.88. The van der Waals surface area contributed by atoms with Crippen molar-refractivity contribution in [3.63, 3.8) is 0 Å². The average Bonchev–Trinajstić information content (AvgIpc) is 2.51. The number of unbranched alkanes of at least 4 members (excludes halogenated alkanes) is 7. The van der Waals surface area contributed by atoms with Crippen molar-refractivity contribution in [1.29, 1.82) is 0 Å². The monoisotopic (exact) mass is 298 g/mol. The molecule has 0 bridgehead atoms. The van der Waals surface area contributed by atoms with Crippen LogP contribution in [0.15, 0.2) is 11.6 Å². The van der Waals surface area contributed by atoms with Gasteiger partial charge < -0.3 is 9.47 Å². The Labute approximate surface area is 128 Å². The fourth-order valence-corrected chi connectivity index (χ4v) is 2.22. The highest BCUT2D eigenvalue weighted by Gasteiger charge is 2.24. The molecule has 1 atom stereocenters. The number of hydrogen-bond acceptors (Lipinski definition) is 4. The zero-order valence-electron chi connectivity index (χ0n) is 13.9. The molecule has 0 aliphatic heterocycles. The number of carbonyl (C=O) groups excluding carboxylic acids is 2. The van der Waals surface area contributed by atoms with Crippen molar-refractivity contribution in [3.8, 4) is 0 Å². The predicted octanol–water partition coefficient (Wildman–Crippen LogP) is 4.04. The van der Waals surface area contributed by atoms with Crippen LogP contribution in [0.2, 0.25) is 0 Å². The second kappa shape index (κ2) is 12.4. The van der Waals surface area contributed by atoms with Gasteiger partial charge in [0.05, 0.1) is 20.1 Å². The summed E-state index contributed by atoms with van der Waals surface area (Å²) in [6.07, 6.45) is 11.2. The van der Waals surface area contributed by atoms with Crippen molar-refractivity contribution in [1.82, 2.24) is 0 Å². The van der Waals surface area contributed by atoms with Crippen LogP contribution in [0.3, 0.4) is 0 Å². The van der Waals surface area contributed by atoms with E-state index in [9.17, 15) is 9.59 Å². The lowest BCUT2D eigenvalue weighted by Crippen LogP contribution is -2.21. The van der Waals surface area contributed by atoms with Crippen LogP contribution in [0.5, 0.6) is 0 Å². The standard InChI is InChI=1S/C17H30O4/c1-5-6-7-8-9-10-11-12-13-15(17(19)21-4)14(2)16(18)20-3/h13-14H,5-12H2,1-4H3/b15-13+. The number of ether oxygens (including phenoxy) is 2. The molecule has 0 saturated heterocycles. The minimum atomic E-state index is -0.577. The first-order valence-electron chi connectivity index (χ1n) is 7.94. The van der Waals surface area contributed by atoms with E-state index >= 15 is 0 Å². The van der Waals surface area contributed by atoms with E-state index in [0.717, 1.165) is 19.3 Å². The molecule has 4 heteroatoms. The molecule has 0 aromatic carbocycles. The van der Waals surface area contributed by atoms with Crippen LogP contribution < -0.4 is 0 Å². The molecule has 0 amide bonds. The van der Waals surface area contributed by atoms with Gasteiger partial charge in [0, 0.05) is 5.57 Å². The van der Waals surface area contributed by atoms with Crippen molar-refractivity contribution in [3.05, 3.63) is 11.6 Å². The summed E-state index contributed by atoms with van der Waals surface area (Å²) in [5.74, 6) is -1.44. The third-order valence-corrected chi connectivity index (χ3v) is 3.61. The Morgan fingerprint density at radius 3 is 2.05 bits per heavy atom. The molecule has 0 aliphatic carbocycles. The van der Waals surface area contributed by atoms with Crippen LogP contribution in [-0.2, 0) is 19.1 Å². The molecule has 0 aliphatic rings. The van der Waals surface area contributed by atoms with Crippen LogP contribution >= 0.6 is 0 Å². The SMILES string of the molecule is CCCCCCCCC/C=C(/C(=O)OC)C(C)C(=O)OC. The van der Waals surface area contributed by atoms with Crippen molar-refractivity contribution < 1.29 is 19.1 Å². The number of esters is 2. The quantitative estimate of drug-likeness (QED) is 0.328. The summed E-state index contributed by atoms with van der Waals surface area (Å²) >= 11 is 0. The lowest BCUT2D eigenvalue weighted by Gasteiger charge is -2.12. The third-order valence-electron chi connectivity index (χ3n) is 3.61. The first-order chi connectivity index (χ1) is 10.1. The molecule has 122 valence electrons. The van der Waals surface area contributed by atoms with E-state index in [1.54, 1.807) is 6.92 Å². The van der Waals surface area contributed by atoms with Crippen molar-refractivity contribution in [2.75, 3.05) is 14.2 Å². The van der Waals surface area contributed by atoms with Gasteiger partial charge in [-0.2, -0.15) is 0 Å². The summed E-state index contributed by atoms with van der Waals surface area (Å²) in [7, 11) is 2.65. The lowest BCUT2D eigenvalue weighted by molar-refractivity contribution is -0.146. The smallest absolute Gasteiger partial charge is 0.334 e. The maximum absolute atomic E-state index is 11.7. The Morgan fingerprint density at radius 2 is 1.52 bits per heavy atom. The zero-order chi connectivity index (χ0) is 16.1. The minimum Gasteiger partial charge on any atom is -0.469 e. The summed E-state index contributed by atoms with van der Waals surface area (Å²) in [5.41, 5.74) is 0.398. The molecule has 0 N–H and O–H groups in total. The Kier molecular flexibility index (Phi) is 11.6. The van der Waals surface area contributed by atoms with E-state index in [1.807, 2.05) is 6.08 Å². The van der Waals surface area contributed by atoms with Gasteiger partial charge in [-0.1, -0.05) is 51.5 Å². The molecule has 0 rings (SSSR count). The minimum absolute atomic E-state index is 0.398. The van der Waals surface area contributed by atoms with E-state index in [0.29, 0.717) is 5.57 Å². The van der Waals surface area contributed by atoms with E-state index in [1.165, 1.54) is 46.3 Å². The van der Waals surface area contributed by atoms with Crippen LogP contribution in [0.1, 0.15) is 65.2 Å². The van der Waals surface area contributed by atoms with Crippen molar-refractivity contribution in [2.45, 2.75) is 65.2 Å². The largest absolute Gasteiger partial charge is 0.469 e. The second-order valence-corrected chi connectivity index (χ2v) is 5.31. The molecule has 21 heavy (non-hydrogen) atoms. The highest BCUT2D eigenvalue weighted by molar-refractivity contribution is 5.95. The molecule has 0 radical (unpaired) electrons. The first kappa shape index (κ1) is 19.7. The van der Waals surface area contributed by atoms with Gasteiger partial charge in [-0.05, 0) is 19.8 Å². The maximum atomic E-state index is 11.7. The van der Waals surface area contributed by atoms with Crippen LogP contribution in [0.4, 0.5) is 0 Å². The first-order valence-corrected chi connectivity index (χ1v) is 7.94. The van der Waals surface area contributed by atoms with E-state index in [4.69, 9.17) is 4.74 Å². The Hall–Kier alpha value is -1.32. The van der Waals surface area contributed by atoms with Gasteiger partial charge in [-0.25, -0.2) is 4.79 Å². The number of allylic oxidation sites excluding steroid dienone is 1. The van der Waals surface area contributed by atoms with Gasteiger partial charge >= 0.3 is 11.9 Å². The van der Waals surface area contributed by atoms with Crippen LogP contribution in [0.25, 0.3) is 0 Å². The molecule has 0 heterocycles. The molecule has 4 nitrogen and oxygen atoms in total. The molecule has 0 fully saturated rings. The zero-order valence-corrected chi connectivity index (χ0v) is 13.9. The fraction of sp³-hybridized carbons (Fsp3) is 0.765. The summed E-state index contributed by atoms with van der Waals surface area (Å²) in [5, 5.41) is 0. The summed E-state index contributed by atoms with van der Waals surface area (Å²) in [6, 6.07) is 0. The summed E-state index contributed by atoms with van der Waals surface area (Å²) in [4.78, 5) is 23.3. The van der Waals surface area contributed by atoms with Crippen molar-refractivity contribution >= 4 is 11.9 Å². The average molecular weight is 298 g/mol. The Bertz CT molecular complexity index is 334. The number of rotatable bonds is 11. The Balaban J connectivity index is 4.20. The predicted molar refractivity (Wildman–Crippen MR) is 83.9 cm³/mol. The molecular formula is C17H30O4. The third kappa shape index (κ3) is 8.53. The second-order valence-electron chi connectivity index (χ2n) is 5.31. The molecule has 0 spiro atoms. The topological polar surface area (TPSA) is 52.6 Å². The molecule has 0 aromatic rings. The van der Waals surface area contributed by atoms with Crippen LogP contribution in [-0.4, -0.2) is 26.2 Å². The van der Waals surface area contributed by atoms with Gasteiger partial charge in [0.25, 0.3) is 0 Å². The van der Waals surface area contributed by atoms with Gasteiger partial charge in [-0.15, -0.1) is 0 Å². The Morgan fingerprint density at radius 1 is 0.952 bits per heavy atom. The number of hydrogen-bond donors (Lipinski definition) is 0. The fourth-order valence-electron chi connectivity index (χ4n) is 2.22. The maximum Gasteiger partial charge on any atom is 0.334 e. The highest BCUT2D eigenvalue weighted by Crippen LogP contribution is 2.17. The molecular weight excluding hydrogens is 268 g/mol. The summed E-state index contributed by atoms with van der Waals surface area (Å²) < 4.78 is 9.42. The van der Waals surface area contributed by atoms with Gasteiger partial charge in [0.15, 0.2) is 0 Å². The number of carbonyl (C=O) groups is 2. The van der Waals surface area contributed by atoms with Gasteiger partial charge in [0.1, 0.15) is 0 Å². The van der Waals surface area contributed by atoms with Gasteiger partial charge in [0.2, 0.25) is 0 Å². The normalized spacial score (nSPS) is 12.9. The van der Waals surface area contributed by atoms with E-state index in [-0.39, 0.29) is 0 Å². The molecule has 1 unspecified atom stereocenters. The van der Waals surface area contributed by atoms with E-state index < -0.39 is 17.9 Å². The number of methoxy groups -OCH3 is 2. The van der Waals surface area contributed by atoms with Crippen molar-refractivity contribution in [2.24, 2.45) is 5.92 Å². The van der Waals surface area contributed by atoms with Crippen LogP contribution in [0, 0.1) is 5.92 Å². The molecule has 0 aromatic heterocycles. The van der Waals surface area contributed by atoms with E-state index in [2.05, 4.69) is 11.7 Å². The highest BCUT2D eigenvalue weighted by atomic mass is 16.5. The lowest BCUT2D eigenvalue weighted by atomic mass is 9.99.